The summed E-state index contributed by atoms with van der Waals surface area (Å²) in [6, 6.07) is -0.970. The van der Waals surface area contributed by atoms with E-state index in [4.69, 9.17) is 10.8 Å². The fourth-order valence-electron chi connectivity index (χ4n) is 1.04. The van der Waals surface area contributed by atoms with Gasteiger partial charge >= 0.3 is 17.9 Å². The van der Waals surface area contributed by atoms with E-state index in [0.717, 1.165) is 18.9 Å². The number of esters is 2. The molecule has 0 aliphatic rings. The molecule has 8 nitrogen and oxygen atoms in total. The highest BCUT2D eigenvalue weighted by Crippen LogP contribution is 2.18. The molecule has 108 valence electrons. The lowest BCUT2D eigenvalue weighted by Crippen LogP contribution is -2.36. The van der Waals surface area contributed by atoms with Crippen molar-refractivity contribution in [3.8, 4) is 0 Å². The van der Waals surface area contributed by atoms with Crippen molar-refractivity contribution in [1.82, 2.24) is 0 Å². The third-order valence-corrected chi connectivity index (χ3v) is 3.37. The molecule has 0 saturated heterocycles. The van der Waals surface area contributed by atoms with Gasteiger partial charge < -0.3 is 20.3 Å². The van der Waals surface area contributed by atoms with Gasteiger partial charge in [0.05, 0.1) is 14.2 Å². The van der Waals surface area contributed by atoms with Crippen LogP contribution in [0, 0.1) is 0 Å². The summed E-state index contributed by atoms with van der Waals surface area (Å²) in [5.74, 6) is -4.17. The lowest BCUT2D eigenvalue weighted by molar-refractivity contribution is -0.150. The first-order valence-electron chi connectivity index (χ1n) is 5.12. The number of carbonyl (C=O) groups excluding carboxylic acids is 3. The van der Waals surface area contributed by atoms with E-state index < -0.39 is 41.4 Å². The molecule has 0 aromatic rings. The number of carboxylic acids is 1. The quantitative estimate of drug-likeness (QED) is 0.418. The minimum atomic E-state index is -1.63. The van der Waals surface area contributed by atoms with Crippen molar-refractivity contribution in [2.45, 2.75) is 17.7 Å². The molecule has 0 aromatic carbocycles. The fourth-order valence-corrected chi connectivity index (χ4v) is 2.11. The molecule has 2 atom stereocenters. The number of nitrogens with two attached hydrogens (primary N) is 1. The minimum absolute atomic E-state index is 0.000656. The average molecular weight is 293 g/mol. The summed E-state index contributed by atoms with van der Waals surface area (Å²) in [5.41, 5.74) is 5.46. The van der Waals surface area contributed by atoms with Gasteiger partial charge in [-0.2, -0.15) is 0 Å². The van der Waals surface area contributed by atoms with Crippen molar-refractivity contribution >= 4 is 35.5 Å². The number of carbonyl (C=O) groups is 4. The summed E-state index contributed by atoms with van der Waals surface area (Å²) in [5, 5.41) is 7.46. The molecule has 0 bridgehead atoms. The topological polar surface area (TPSA) is 133 Å². The number of thioether (sulfide) groups is 1. The van der Waals surface area contributed by atoms with Crippen molar-refractivity contribution < 1.29 is 33.8 Å². The van der Waals surface area contributed by atoms with E-state index >= 15 is 0 Å². The highest BCUT2D eigenvalue weighted by atomic mass is 32.2. The summed E-state index contributed by atoms with van der Waals surface area (Å²) in [4.78, 5) is 43.9. The zero-order valence-corrected chi connectivity index (χ0v) is 11.3. The molecular weight excluding hydrogens is 278 g/mol. The number of ketones is 1. The summed E-state index contributed by atoms with van der Waals surface area (Å²) < 4.78 is 8.85. The molecule has 0 aliphatic heterocycles. The number of hydrogen-bond acceptors (Lipinski definition) is 8. The molecule has 3 N–H and O–H groups in total. The Labute approximate surface area is 113 Å². The molecule has 0 radical (unpaired) electrons. The normalized spacial score (nSPS) is 13.2. The Morgan fingerprint density at radius 2 is 1.68 bits per heavy atom. The number of methoxy groups -OCH3 is 2. The first-order chi connectivity index (χ1) is 8.83. The Bertz CT molecular complexity index is 371. The van der Waals surface area contributed by atoms with Crippen LogP contribution < -0.4 is 5.73 Å². The van der Waals surface area contributed by atoms with E-state index in [0.29, 0.717) is 0 Å². The Kier molecular flexibility index (Phi) is 7.77. The van der Waals surface area contributed by atoms with E-state index in [9.17, 15) is 19.2 Å². The Hall–Kier alpha value is -1.61. The molecule has 0 amide bonds. The SMILES string of the molecule is COC(=O)C(CC(=O)C(=O)O)SC[C@H](N)C(=O)OC. The number of hydrogen-bond donors (Lipinski definition) is 2. The maximum absolute atomic E-state index is 11.4. The first kappa shape index (κ1) is 17.4. The van der Waals surface area contributed by atoms with Crippen LogP contribution in [0.25, 0.3) is 0 Å². The third-order valence-electron chi connectivity index (χ3n) is 2.05. The lowest BCUT2D eigenvalue weighted by atomic mass is 10.2. The molecule has 0 aliphatic carbocycles. The number of ether oxygens (including phenoxy) is 2. The predicted molar refractivity (Wildman–Crippen MR) is 65.5 cm³/mol. The second-order valence-electron chi connectivity index (χ2n) is 3.41. The van der Waals surface area contributed by atoms with E-state index in [1.165, 1.54) is 7.11 Å². The lowest BCUT2D eigenvalue weighted by Gasteiger charge is -2.14. The zero-order valence-electron chi connectivity index (χ0n) is 10.5. The van der Waals surface area contributed by atoms with Crippen LogP contribution in [0.2, 0.25) is 0 Å². The molecule has 0 saturated carbocycles. The molecular formula is C10H15NO7S. The van der Waals surface area contributed by atoms with Crippen LogP contribution in [0.3, 0.4) is 0 Å². The van der Waals surface area contributed by atoms with Crippen LogP contribution in [-0.2, 0) is 28.7 Å². The van der Waals surface area contributed by atoms with Crippen LogP contribution in [0.1, 0.15) is 6.42 Å². The van der Waals surface area contributed by atoms with E-state index in [2.05, 4.69) is 9.47 Å². The molecule has 9 heteroatoms. The smallest absolute Gasteiger partial charge is 0.372 e. The van der Waals surface area contributed by atoms with Crippen LogP contribution in [0.5, 0.6) is 0 Å². The molecule has 0 heterocycles. The van der Waals surface area contributed by atoms with Crippen molar-refractivity contribution in [1.29, 1.82) is 0 Å². The maximum Gasteiger partial charge on any atom is 0.372 e. The number of Topliss-reactive ketones (excluding diaryl/α,β-unsaturated/α-hetero) is 1. The van der Waals surface area contributed by atoms with Gasteiger partial charge in [0.15, 0.2) is 0 Å². The van der Waals surface area contributed by atoms with Gasteiger partial charge in [-0.05, 0) is 0 Å². The van der Waals surface area contributed by atoms with Crippen molar-refractivity contribution in [3.63, 3.8) is 0 Å². The standard InChI is InChI=1S/C10H15NO7S/c1-17-9(15)5(11)4-19-7(10(16)18-2)3-6(12)8(13)14/h5,7H,3-4,11H2,1-2H3,(H,13,14)/t5-,7?/m0/s1. The molecule has 0 spiro atoms. The summed E-state index contributed by atoms with van der Waals surface area (Å²) in [7, 11) is 2.28. The van der Waals surface area contributed by atoms with Gasteiger partial charge in [0.25, 0.3) is 0 Å². The molecule has 0 aromatic heterocycles. The fraction of sp³-hybridized carbons (Fsp3) is 0.600. The third kappa shape index (κ3) is 6.20. The van der Waals surface area contributed by atoms with Crippen molar-refractivity contribution in [3.05, 3.63) is 0 Å². The summed E-state index contributed by atoms with van der Waals surface area (Å²) in [6.07, 6.45) is -0.527. The van der Waals surface area contributed by atoms with Crippen LogP contribution in [-0.4, -0.2) is 60.1 Å². The second-order valence-corrected chi connectivity index (χ2v) is 4.64. The molecule has 0 fully saturated rings. The van der Waals surface area contributed by atoms with Crippen molar-refractivity contribution in [2.75, 3.05) is 20.0 Å². The van der Waals surface area contributed by atoms with Gasteiger partial charge in [-0.25, -0.2) is 4.79 Å². The predicted octanol–water partition coefficient (Wildman–Crippen LogP) is -1.19. The number of aliphatic carboxylic acids is 1. The van der Waals surface area contributed by atoms with Gasteiger partial charge in [-0.1, -0.05) is 0 Å². The van der Waals surface area contributed by atoms with Crippen LogP contribution in [0.4, 0.5) is 0 Å². The van der Waals surface area contributed by atoms with Gasteiger partial charge in [0.2, 0.25) is 5.78 Å². The molecule has 0 rings (SSSR count). The van der Waals surface area contributed by atoms with Crippen LogP contribution in [0.15, 0.2) is 0 Å². The van der Waals surface area contributed by atoms with Crippen LogP contribution >= 0.6 is 11.8 Å². The first-order valence-corrected chi connectivity index (χ1v) is 6.17. The molecule has 19 heavy (non-hydrogen) atoms. The largest absolute Gasteiger partial charge is 0.476 e. The summed E-state index contributed by atoms with van der Waals surface area (Å²) in [6.45, 7) is 0. The molecule has 1 unspecified atom stereocenters. The Morgan fingerprint density at radius 1 is 1.16 bits per heavy atom. The monoisotopic (exact) mass is 293 g/mol. The highest BCUT2D eigenvalue weighted by Gasteiger charge is 2.28. The average Bonchev–Trinajstić information content (AvgIpc) is 2.40. The number of rotatable bonds is 8. The zero-order chi connectivity index (χ0) is 15.0. The Balaban J connectivity index is 4.53. The summed E-state index contributed by atoms with van der Waals surface area (Å²) >= 11 is 0.867. The van der Waals surface area contributed by atoms with E-state index in [1.807, 2.05) is 0 Å². The van der Waals surface area contributed by atoms with E-state index in [1.54, 1.807) is 0 Å². The highest BCUT2D eigenvalue weighted by molar-refractivity contribution is 8.00. The number of carboxylic acid groups (broad SMARTS) is 1. The maximum atomic E-state index is 11.4. The van der Waals surface area contributed by atoms with Gasteiger partial charge in [0.1, 0.15) is 11.3 Å². The van der Waals surface area contributed by atoms with Crippen molar-refractivity contribution in [2.24, 2.45) is 5.73 Å². The van der Waals surface area contributed by atoms with E-state index in [-0.39, 0.29) is 5.75 Å². The minimum Gasteiger partial charge on any atom is -0.476 e. The Morgan fingerprint density at radius 3 is 2.11 bits per heavy atom. The van der Waals surface area contributed by atoms with Gasteiger partial charge in [-0.3, -0.25) is 14.4 Å². The second kappa shape index (κ2) is 8.48. The van der Waals surface area contributed by atoms with Gasteiger partial charge in [-0.15, -0.1) is 11.8 Å². The van der Waals surface area contributed by atoms with Gasteiger partial charge in [0, 0.05) is 12.2 Å².